The molecule has 0 heterocycles. The molecule has 0 spiro atoms. The largest absolute Gasteiger partial charge is 0.393 e. The minimum Gasteiger partial charge on any atom is -0.393 e. The Morgan fingerprint density at radius 1 is 0.450 bits per heavy atom. The number of hydrogen-bond donors (Lipinski definition) is 2. The molecule has 60 heavy (non-hydrogen) atoms. The highest BCUT2D eigenvalue weighted by atomic mass is 16.3. The van der Waals surface area contributed by atoms with Gasteiger partial charge >= 0.3 is 0 Å². The first-order valence-corrected chi connectivity index (χ1v) is 27.6. The molecule has 0 aromatic carbocycles. The fraction of sp³-hybridized carbons (Fsp3) is 0.931. The van der Waals surface area contributed by atoms with E-state index < -0.39 is 0 Å². The zero-order chi connectivity index (χ0) is 42.1. The van der Waals surface area contributed by atoms with Gasteiger partial charge in [0.1, 0.15) is 0 Å². The van der Waals surface area contributed by atoms with Crippen LogP contribution >= 0.6 is 0 Å². The van der Waals surface area contributed by atoms with Crippen molar-refractivity contribution in [2.75, 3.05) is 0 Å². The molecule has 0 aliphatic heterocycles. The Labute approximate surface area is 372 Å². The highest BCUT2D eigenvalue weighted by Gasteiger charge is 2.60. The number of unbranched alkanes of at least 4 members (excludes halogenated alkanes) is 13. The second-order valence-electron chi connectivity index (χ2n) is 25.3. The number of fused-ring (bicyclic) bond motifs is 10. The topological polar surface area (TPSA) is 40.5 Å². The summed E-state index contributed by atoms with van der Waals surface area (Å²) in [6.45, 7) is 15.9. The Hall–Kier alpha value is -0.600. The van der Waals surface area contributed by atoms with Gasteiger partial charge < -0.3 is 10.2 Å². The van der Waals surface area contributed by atoms with Gasteiger partial charge in [-0.3, -0.25) is 0 Å². The third-order valence-corrected chi connectivity index (χ3v) is 22.2. The average Bonchev–Trinajstić information content (AvgIpc) is 3.78. The molecule has 2 heteroatoms. The second kappa shape index (κ2) is 19.5. The van der Waals surface area contributed by atoms with Gasteiger partial charge in [0.25, 0.3) is 0 Å². The molecule has 16 atom stereocenters. The maximum atomic E-state index is 10.4. The van der Waals surface area contributed by atoms with E-state index in [2.05, 4.69) is 53.7 Å². The molecule has 0 saturated heterocycles. The zero-order valence-corrected chi connectivity index (χ0v) is 40.6. The SMILES string of the molecule is C[C@H](CCCCCCCCCCCCCCCC[C@@H](C)[C@H]1CC[C@H]2[C@@H]3CC=C4C[C@@H](O)CC[C@]4(C)[C@H]3CC[C@]12C)[C@H]1CC[C@H]2[C@@H]3CC=C4C[C@@H](O)CC[C@]4(C)[C@H]3CC[C@]12C. The lowest BCUT2D eigenvalue weighted by atomic mass is 9.47. The summed E-state index contributed by atoms with van der Waals surface area (Å²) in [7, 11) is 0. The van der Waals surface area contributed by atoms with E-state index in [0.717, 1.165) is 84.9 Å². The summed E-state index contributed by atoms with van der Waals surface area (Å²) in [4.78, 5) is 0. The fourth-order valence-corrected chi connectivity index (χ4v) is 18.7. The molecule has 8 aliphatic carbocycles. The van der Waals surface area contributed by atoms with Crippen LogP contribution in [0, 0.1) is 80.8 Å². The smallest absolute Gasteiger partial charge is 0.0577 e. The van der Waals surface area contributed by atoms with E-state index in [9.17, 15) is 10.2 Å². The van der Waals surface area contributed by atoms with Gasteiger partial charge in [-0.15, -0.1) is 0 Å². The molecule has 2 N–H and O–H groups in total. The molecule has 0 radical (unpaired) electrons. The molecule has 0 aromatic heterocycles. The van der Waals surface area contributed by atoms with E-state index in [1.807, 2.05) is 0 Å². The molecule has 342 valence electrons. The molecule has 8 rings (SSSR count). The molecule has 0 unspecified atom stereocenters. The van der Waals surface area contributed by atoms with Crippen molar-refractivity contribution in [1.29, 1.82) is 0 Å². The molecule has 6 saturated carbocycles. The van der Waals surface area contributed by atoms with Gasteiger partial charge in [-0.25, -0.2) is 0 Å². The van der Waals surface area contributed by atoms with E-state index in [-0.39, 0.29) is 12.2 Å². The monoisotopic (exact) mass is 827 g/mol. The predicted molar refractivity (Wildman–Crippen MR) is 255 cm³/mol. The maximum absolute atomic E-state index is 10.4. The number of rotatable bonds is 19. The van der Waals surface area contributed by atoms with Crippen molar-refractivity contribution < 1.29 is 10.2 Å². The van der Waals surface area contributed by atoms with Gasteiger partial charge in [-0.2, -0.15) is 0 Å². The van der Waals surface area contributed by atoms with Crippen LogP contribution in [0.5, 0.6) is 0 Å². The summed E-state index contributed by atoms with van der Waals surface area (Å²) >= 11 is 0. The summed E-state index contributed by atoms with van der Waals surface area (Å²) in [5.41, 5.74) is 5.17. The summed E-state index contributed by atoms with van der Waals surface area (Å²) in [6.07, 6.45) is 49.3. The quantitative estimate of drug-likeness (QED) is 0.101. The highest BCUT2D eigenvalue weighted by Crippen LogP contribution is 2.69. The number of allylic oxidation sites excluding steroid dienone is 2. The molecular weight excluding hydrogens is 729 g/mol. The van der Waals surface area contributed by atoms with Crippen molar-refractivity contribution in [3.8, 4) is 0 Å². The molecule has 2 nitrogen and oxygen atoms in total. The van der Waals surface area contributed by atoms with E-state index in [4.69, 9.17) is 0 Å². The van der Waals surface area contributed by atoms with Crippen LogP contribution in [0.4, 0.5) is 0 Å². The van der Waals surface area contributed by atoms with Crippen LogP contribution in [0.25, 0.3) is 0 Å². The first-order chi connectivity index (χ1) is 28.9. The molecular formula is C58H98O2. The molecule has 0 bridgehead atoms. The van der Waals surface area contributed by atoms with Crippen molar-refractivity contribution in [3.05, 3.63) is 23.3 Å². The van der Waals surface area contributed by atoms with Crippen LogP contribution in [-0.4, -0.2) is 22.4 Å². The van der Waals surface area contributed by atoms with Gasteiger partial charge in [-0.1, -0.05) is 168 Å². The van der Waals surface area contributed by atoms with E-state index >= 15 is 0 Å². The fourth-order valence-electron chi connectivity index (χ4n) is 18.7. The summed E-state index contributed by atoms with van der Waals surface area (Å²) < 4.78 is 0. The Kier molecular flexibility index (Phi) is 14.9. The van der Waals surface area contributed by atoms with E-state index in [1.54, 1.807) is 11.1 Å². The van der Waals surface area contributed by atoms with Crippen LogP contribution < -0.4 is 0 Å². The van der Waals surface area contributed by atoms with Crippen molar-refractivity contribution in [2.24, 2.45) is 80.8 Å². The number of aliphatic hydroxyl groups excluding tert-OH is 2. The first-order valence-electron chi connectivity index (χ1n) is 27.6. The van der Waals surface area contributed by atoms with E-state index in [0.29, 0.717) is 21.7 Å². The number of aliphatic hydroxyl groups is 2. The van der Waals surface area contributed by atoms with Crippen LogP contribution in [0.3, 0.4) is 0 Å². The first kappa shape index (κ1) is 45.9. The highest BCUT2D eigenvalue weighted by molar-refractivity contribution is 5.27. The second-order valence-corrected chi connectivity index (χ2v) is 25.3. The Morgan fingerprint density at radius 3 is 1.17 bits per heavy atom. The third kappa shape index (κ3) is 9.00. The minimum atomic E-state index is -0.0843. The van der Waals surface area contributed by atoms with Gasteiger partial charge in [0, 0.05) is 0 Å². The standard InChI is InChI=1S/C58H98O2/c1-41(49-27-29-51-47-25-23-43-39-45(59)31-35-55(43,3)53(47)33-37-57(49,51)5)21-19-17-15-13-11-9-7-8-10-12-14-16-18-20-22-42(2)50-28-30-52-48-26-24-44-40-46(60)32-36-56(44,4)54(48)34-38-58(50,52)6/h23-24,41-42,45-54,59-60H,7-22,25-40H2,1-6H3/t41-,42-,45+,46+,47+,48+,49-,50-,51+,52+,53+,54+,55+,56+,57-,58-/m1/s1. The van der Waals surface area contributed by atoms with Crippen molar-refractivity contribution in [3.63, 3.8) is 0 Å². The molecule has 8 aliphatic rings. The Morgan fingerprint density at radius 2 is 0.800 bits per heavy atom. The van der Waals surface area contributed by atoms with Gasteiger partial charge in [0.05, 0.1) is 12.2 Å². The lowest BCUT2D eigenvalue weighted by Crippen LogP contribution is -2.50. The van der Waals surface area contributed by atoms with Crippen LogP contribution in [0.1, 0.15) is 247 Å². The van der Waals surface area contributed by atoms with Crippen LogP contribution in [-0.2, 0) is 0 Å². The third-order valence-electron chi connectivity index (χ3n) is 22.2. The van der Waals surface area contributed by atoms with Crippen molar-refractivity contribution in [2.45, 2.75) is 259 Å². The lowest BCUT2D eigenvalue weighted by molar-refractivity contribution is -0.0572. The van der Waals surface area contributed by atoms with Gasteiger partial charge in [0.2, 0.25) is 0 Å². The minimum absolute atomic E-state index is 0.0843. The lowest BCUT2D eigenvalue weighted by Gasteiger charge is -2.58. The summed E-state index contributed by atoms with van der Waals surface area (Å²) in [6, 6.07) is 0. The van der Waals surface area contributed by atoms with Gasteiger partial charge in [0.15, 0.2) is 0 Å². The summed E-state index contributed by atoms with van der Waals surface area (Å²) in [5, 5.41) is 20.8. The van der Waals surface area contributed by atoms with Crippen LogP contribution in [0.2, 0.25) is 0 Å². The van der Waals surface area contributed by atoms with Crippen LogP contribution in [0.15, 0.2) is 23.3 Å². The molecule has 6 fully saturated rings. The van der Waals surface area contributed by atoms with Crippen molar-refractivity contribution >= 4 is 0 Å². The Balaban J connectivity index is 0.627. The Bertz CT molecular complexity index is 1350. The average molecular weight is 827 g/mol. The van der Waals surface area contributed by atoms with Gasteiger partial charge in [-0.05, 0) is 184 Å². The predicted octanol–water partition coefficient (Wildman–Crippen LogP) is 16.4. The summed E-state index contributed by atoms with van der Waals surface area (Å²) in [5.74, 6) is 9.13. The molecule has 0 aromatic rings. The van der Waals surface area contributed by atoms with Crippen molar-refractivity contribution in [1.82, 2.24) is 0 Å². The zero-order valence-electron chi connectivity index (χ0n) is 40.6. The maximum Gasteiger partial charge on any atom is 0.0577 e. The van der Waals surface area contributed by atoms with E-state index in [1.165, 1.54) is 180 Å². The number of hydrogen-bond acceptors (Lipinski definition) is 2. The normalized spacial score (nSPS) is 44.3. The molecule has 0 amide bonds.